The molecule has 0 bridgehead atoms. The van der Waals surface area contributed by atoms with Crippen LogP contribution < -0.4 is 0 Å². The van der Waals surface area contributed by atoms with Crippen molar-refractivity contribution in [3.05, 3.63) is 29.3 Å². The summed E-state index contributed by atoms with van der Waals surface area (Å²) in [6.07, 6.45) is 1.36. The van der Waals surface area contributed by atoms with Gasteiger partial charge in [-0.15, -0.1) is 0 Å². The number of aromatic carboxylic acids is 1. The number of sulfone groups is 1. The fraction of sp³-hybridized carbons (Fsp3) is 0.364. The first-order valence-corrected chi connectivity index (χ1v) is 6.55. The lowest BCUT2D eigenvalue weighted by atomic mass is 10.1. The molecule has 0 heterocycles. The van der Waals surface area contributed by atoms with Crippen molar-refractivity contribution in [2.75, 3.05) is 0 Å². The zero-order chi connectivity index (χ0) is 11.9. The minimum atomic E-state index is -3.30. The molecule has 1 aromatic rings. The monoisotopic (exact) mass is 240 g/mol. The predicted octanol–water partition coefficient (Wildman–Crippen LogP) is 1.63. The van der Waals surface area contributed by atoms with Gasteiger partial charge in [0, 0.05) is 0 Å². The molecule has 1 fully saturated rings. The summed E-state index contributed by atoms with van der Waals surface area (Å²) in [6, 6.07) is 4.28. The van der Waals surface area contributed by atoms with Crippen LogP contribution in [0.1, 0.15) is 28.8 Å². The van der Waals surface area contributed by atoms with E-state index in [0.29, 0.717) is 18.4 Å². The summed E-state index contributed by atoms with van der Waals surface area (Å²) >= 11 is 0. The summed E-state index contributed by atoms with van der Waals surface area (Å²) in [5.41, 5.74) is 0.629. The first kappa shape index (κ1) is 11.1. The molecule has 0 saturated heterocycles. The van der Waals surface area contributed by atoms with Crippen LogP contribution in [0, 0.1) is 6.92 Å². The van der Waals surface area contributed by atoms with Gasteiger partial charge in [0.15, 0.2) is 9.84 Å². The second-order valence-corrected chi connectivity index (χ2v) is 6.25. The van der Waals surface area contributed by atoms with Crippen LogP contribution >= 0.6 is 0 Å². The molecule has 16 heavy (non-hydrogen) atoms. The molecule has 5 heteroatoms. The molecule has 0 radical (unpaired) electrons. The molecule has 4 nitrogen and oxygen atoms in total. The van der Waals surface area contributed by atoms with Gasteiger partial charge in [0.2, 0.25) is 0 Å². The Morgan fingerprint density at radius 2 is 2.00 bits per heavy atom. The van der Waals surface area contributed by atoms with Gasteiger partial charge < -0.3 is 5.11 Å². The molecular formula is C11H12O4S. The second-order valence-electron chi connectivity index (χ2n) is 4.03. The van der Waals surface area contributed by atoms with E-state index >= 15 is 0 Å². The Morgan fingerprint density at radius 3 is 2.50 bits per heavy atom. The number of carboxylic acids is 1. The van der Waals surface area contributed by atoms with E-state index in [9.17, 15) is 13.2 Å². The number of rotatable bonds is 3. The number of carbonyl (C=O) groups is 1. The highest BCUT2D eigenvalue weighted by Gasteiger charge is 2.37. The molecule has 1 aromatic carbocycles. The van der Waals surface area contributed by atoms with Gasteiger partial charge in [-0.25, -0.2) is 13.2 Å². The van der Waals surface area contributed by atoms with Gasteiger partial charge in [-0.1, -0.05) is 6.07 Å². The summed E-state index contributed by atoms with van der Waals surface area (Å²) in [6.45, 7) is 1.65. The first-order valence-electron chi connectivity index (χ1n) is 5.01. The SMILES string of the molecule is Cc1ccc(S(=O)(=O)C2CC2)cc1C(=O)O. The van der Waals surface area contributed by atoms with Gasteiger partial charge >= 0.3 is 5.97 Å². The van der Waals surface area contributed by atoms with Crippen molar-refractivity contribution >= 4 is 15.8 Å². The Kier molecular flexibility index (Phi) is 2.50. The normalized spacial score (nSPS) is 16.1. The fourth-order valence-electron chi connectivity index (χ4n) is 1.58. The molecule has 1 aliphatic carbocycles. The molecule has 0 unspecified atom stereocenters. The smallest absolute Gasteiger partial charge is 0.335 e. The van der Waals surface area contributed by atoms with Crippen LogP contribution in [0.4, 0.5) is 0 Å². The number of carboxylic acid groups (broad SMARTS) is 1. The lowest BCUT2D eigenvalue weighted by Crippen LogP contribution is -2.09. The summed E-state index contributed by atoms with van der Waals surface area (Å²) in [7, 11) is -3.30. The highest BCUT2D eigenvalue weighted by atomic mass is 32.2. The van der Waals surface area contributed by atoms with Crippen molar-refractivity contribution in [3.63, 3.8) is 0 Å². The first-order chi connectivity index (χ1) is 7.43. The van der Waals surface area contributed by atoms with Crippen LogP contribution in [0.25, 0.3) is 0 Å². The Morgan fingerprint density at radius 1 is 1.38 bits per heavy atom. The van der Waals surface area contributed by atoms with Crippen molar-refractivity contribution < 1.29 is 18.3 Å². The zero-order valence-electron chi connectivity index (χ0n) is 8.80. The second kappa shape index (κ2) is 3.59. The number of aryl methyl sites for hydroxylation is 1. The minimum Gasteiger partial charge on any atom is -0.478 e. The molecule has 0 aromatic heterocycles. The fourth-order valence-corrected chi connectivity index (χ4v) is 3.26. The Balaban J connectivity index is 2.51. The van der Waals surface area contributed by atoms with Crippen LogP contribution in [0.5, 0.6) is 0 Å². The summed E-state index contributed by atoms with van der Waals surface area (Å²) < 4.78 is 23.8. The highest BCUT2D eigenvalue weighted by Crippen LogP contribution is 2.33. The van der Waals surface area contributed by atoms with E-state index in [1.54, 1.807) is 13.0 Å². The maximum absolute atomic E-state index is 11.9. The van der Waals surface area contributed by atoms with E-state index in [1.165, 1.54) is 12.1 Å². The topological polar surface area (TPSA) is 71.4 Å². The number of benzene rings is 1. The lowest BCUT2D eigenvalue weighted by Gasteiger charge is -2.05. The molecule has 0 amide bonds. The Hall–Kier alpha value is -1.36. The van der Waals surface area contributed by atoms with Crippen LogP contribution in [0.15, 0.2) is 23.1 Å². The molecule has 86 valence electrons. The van der Waals surface area contributed by atoms with Gasteiger partial charge in [0.05, 0.1) is 15.7 Å². The Labute approximate surface area is 93.8 Å². The van der Waals surface area contributed by atoms with E-state index in [-0.39, 0.29) is 15.7 Å². The van der Waals surface area contributed by atoms with E-state index in [2.05, 4.69) is 0 Å². The Bertz CT molecular complexity index is 541. The standard InChI is InChI=1S/C11H12O4S/c1-7-2-3-9(6-10(7)11(12)13)16(14,15)8-4-5-8/h2-3,6,8H,4-5H2,1H3,(H,12,13). The van der Waals surface area contributed by atoms with E-state index < -0.39 is 15.8 Å². The molecule has 0 aliphatic heterocycles. The average Bonchev–Trinajstić information content (AvgIpc) is 3.00. The molecule has 1 N–H and O–H groups in total. The third-order valence-electron chi connectivity index (χ3n) is 2.73. The largest absolute Gasteiger partial charge is 0.478 e. The van der Waals surface area contributed by atoms with Gasteiger partial charge in [-0.2, -0.15) is 0 Å². The molecular weight excluding hydrogens is 228 g/mol. The number of hydrogen-bond acceptors (Lipinski definition) is 3. The maximum Gasteiger partial charge on any atom is 0.335 e. The zero-order valence-corrected chi connectivity index (χ0v) is 9.62. The molecule has 1 aliphatic rings. The minimum absolute atomic E-state index is 0.0572. The summed E-state index contributed by atoms with van der Waals surface area (Å²) in [5.74, 6) is -1.09. The van der Waals surface area contributed by atoms with Crippen LogP contribution in [-0.4, -0.2) is 24.7 Å². The van der Waals surface area contributed by atoms with Gasteiger partial charge in [-0.3, -0.25) is 0 Å². The van der Waals surface area contributed by atoms with Crippen LogP contribution in [-0.2, 0) is 9.84 Å². The quantitative estimate of drug-likeness (QED) is 0.871. The van der Waals surface area contributed by atoms with E-state index in [1.807, 2.05) is 0 Å². The van der Waals surface area contributed by atoms with E-state index in [4.69, 9.17) is 5.11 Å². The van der Waals surface area contributed by atoms with Gasteiger partial charge in [-0.05, 0) is 37.5 Å². The van der Waals surface area contributed by atoms with Gasteiger partial charge in [0.25, 0.3) is 0 Å². The van der Waals surface area contributed by atoms with Crippen molar-refractivity contribution in [1.82, 2.24) is 0 Å². The lowest BCUT2D eigenvalue weighted by molar-refractivity contribution is 0.0696. The van der Waals surface area contributed by atoms with Crippen molar-refractivity contribution in [3.8, 4) is 0 Å². The van der Waals surface area contributed by atoms with Gasteiger partial charge in [0.1, 0.15) is 0 Å². The van der Waals surface area contributed by atoms with Crippen LogP contribution in [0.3, 0.4) is 0 Å². The highest BCUT2D eigenvalue weighted by molar-refractivity contribution is 7.92. The molecule has 0 atom stereocenters. The maximum atomic E-state index is 11.9. The number of hydrogen-bond donors (Lipinski definition) is 1. The molecule has 2 rings (SSSR count). The predicted molar refractivity (Wildman–Crippen MR) is 58.3 cm³/mol. The van der Waals surface area contributed by atoms with Crippen molar-refractivity contribution in [2.45, 2.75) is 29.9 Å². The molecule has 0 spiro atoms. The summed E-state index contributed by atoms with van der Waals surface area (Å²) in [4.78, 5) is 11.0. The van der Waals surface area contributed by atoms with Crippen molar-refractivity contribution in [2.24, 2.45) is 0 Å². The molecule has 1 saturated carbocycles. The van der Waals surface area contributed by atoms with Crippen molar-refractivity contribution in [1.29, 1.82) is 0 Å². The summed E-state index contributed by atoms with van der Waals surface area (Å²) in [5, 5.41) is 8.61. The van der Waals surface area contributed by atoms with Crippen LogP contribution in [0.2, 0.25) is 0 Å². The third-order valence-corrected chi connectivity index (χ3v) is 4.99. The third kappa shape index (κ3) is 1.82. The van der Waals surface area contributed by atoms with E-state index in [0.717, 1.165) is 0 Å². The average molecular weight is 240 g/mol.